The predicted octanol–water partition coefficient (Wildman–Crippen LogP) is 1.20. The smallest absolute Gasteiger partial charge is 0.342 e. The van der Waals surface area contributed by atoms with Crippen LogP contribution >= 0.6 is 0 Å². The summed E-state index contributed by atoms with van der Waals surface area (Å²) in [6.07, 6.45) is -2.77. The fourth-order valence-electron chi connectivity index (χ4n) is 2.88. The maximum absolute atomic E-state index is 12.6. The molecule has 2 N–H and O–H groups in total. The Bertz CT molecular complexity index is 350. The van der Waals surface area contributed by atoms with Gasteiger partial charge >= 0.3 is 6.18 Å². The van der Waals surface area contributed by atoms with Gasteiger partial charge in [-0.15, -0.1) is 0 Å². The Kier molecular flexibility index (Phi) is 2.10. The van der Waals surface area contributed by atoms with Gasteiger partial charge in [0.25, 0.3) is 0 Å². The van der Waals surface area contributed by atoms with Gasteiger partial charge in [-0.2, -0.15) is 13.2 Å². The Morgan fingerprint density at radius 1 is 1.24 bits per heavy atom. The number of alkyl halides is 3. The third-order valence-corrected chi connectivity index (χ3v) is 4.38. The van der Waals surface area contributed by atoms with Crippen molar-refractivity contribution in [1.82, 2.24) is 10.6 Å². The molecule has 3 rings (SSSR count). The van der Waals surface area contributed by atoms with Crippen LogP contribution in [0.4, 0.5) is 13.2 Å². The van der Waals surface area contributed by atoms with Crippen LogP contribution in [0.25, 0.3) is 0 Å². The first-order chi connectivity index (χ1) is 7.86. The number of rotatable bonds is 2. The molecule has 0 aromatic rings. The summed E-state index contributed by atoms with van der Waals surface area (Å²) in [6.45, 7) is 1.81. The lowest BCUT2D eigenvalue weighted by Gasteiger charge is -2.53. The van der Waals surface area contributed by atoms with Gasteiger partial charge in [0.1, 0.15) is 5.54 Å². The van der Waals surface area contributed by atoms with Crippen molar-refractivity contribution in [2.75, 3.05) is 13.1 Å². The summed E-state index contributed by atoms with van der Waals surface area (Å²) in [6, 6.07) is 0. The van der Waals surface area contributed by atoms with E-state index in [0.29, 0.717) is 0 Å². The molecule has 1 spiro atoms. The second-order valence-electron chi connectivity index (χ2n) is 5.78. The van der Waals surface area contributed by atoms with E-state index in [1.54, 1.807) is 0 Å². The number of hydrogen-bond acceptors (Lipinski definition) is 2. The molecular formula is C11H15F3N2O. The van der Waals surface area contributed by atoms with Crippen LogP contribution in [0.15, 0.2) is 0 Å². The molecule has 0 aromatic carbocycles. The first kappa shape index (κ1) is 11.3. The molecule has 3 fully saturated rings. The molecule has 0 radical (unpaired) electrons. The van der Waals surface area contributed by atoms with Gasteiger partial charge in [0.05, 0.1) is 0 Å². The molecule has 0 bridgehead atoms. The van der Waals surface area contributed by atoms with Crippen molar-refractivity contribution in [3.63, 3.8) is 0 Å². The summed E-state index contributed by atoms with van der Waals surface area (Å²) in [5.74, 6) is -0.616. The van der Waals surface area contributed by atoms with Gasteiger partial charge in [-0.1, -0.05) is 0 Å². The monoisotopic (exact) mass is 248 g/mol. The van der Waals surface area contributed by atoms with Gasteiger partial charge in [-0.05, 0) is 31.1 Å². The fraction of sp³-hybridized carbons (Fsp3) is 0.909. The Labute approximate surface area is 97.1 Å². The molecule has 0 atom stereocenters. The van der Waals surface area contributed by atoms with Crippen molar-refractivity contribution < 1.29 is 18.0 Å². The van der Waals surface area contributed by atoms with Gasteiger partial charge in [-0.3, -0.25) is 4.79 Å². The molecule has 1 saturated heterocycles. The van der Waals surface area contributed by atoms with E-state index in [2.05, 4.69) is 10.6 Å². The molecule has 3 aliphatic rings. The van der Waals surface area contributed by atoms with Crippen LogP contribution in [-0.4, -0.2) is 30.7 Å². The standard InChI is InChI=1S/C11H15F3N2O/c12-11(13,14)10(1-2-10)16-8(17)7-3-9(4-7)5-15-6-9/h7,15H,1-6H2,(H,16,17). The van der Waals surface area contributed by atoms with E-state index in [1.807, 2.05) is 0 Å². The second-order valence-corrected chi connectivity index (χ2v) is 5.78. The number of nitrogens with one attached hydrogen (secondary N) is 2. The lowest BCUT2D eigenvalue weighted by molar-refractivity contribution is -0.174. The zero-order valence-electron chi connectivity index (χ0n) is 9.36. The minimum Gasteiger partial charge on any atom is -0.342 e. The van der Waals surface area contributed by atoms with Crippen molar-refractivity contribution >= 4 is 5.91 Å². The van der Waals surface area contributed by atoms with Crippen molar-refractivity contribution in [2.24, 2.45) is 11.3 Å². The average molecular weight is 248 g/mol. The number of halogens is 3. The summed E-state index contributed by atoms with van der Waals surface area (Å²) < 4.78 is 37.9. The minimum absolute atomic E-state index is 0.0294. The molecule has 0 unspecified atom stereocenters. The molecule has 2 aliphatic carbocycles. The normalized spacial score (nSPS) is 29.4. The lowest BCUT2D eigenvalue weighted by atomic mass is 9.58. The molecular weight excluding hydrogens is 233 g/mol. The molecule has 1 heterocycles. The van der Waals surface area contributed by atoms with E-state index in [9.17, 15) is 18.0 Å². The van der Waals surface area contributed by atoms with Gasteiger partial charge in [0, 0.05) is 19.0 Å². The summed E-state index contributed by atoms with van der Waals surface area (Å²) in [7, 11) is 0. The molecule has 1 aliphatic heterocycles. The van der Waals surface area contributed by atoms with Crippen molar-refractivity contribution in [2.45, 2.75) is 37.4 Å². The average Bonchev–Trinajstić information content (AvgIpc) is 2.78. The molecule has 96 valence electrons. The van der Waals surface area contributed by atoms with Gasteiger partial charge < -0.3 is 10.6 Å². The quantitative estimate of drug-likeness (QED) is 0.771. The van der Waals surface area contributed by atoms with Crippen molar-refractivity contribution in [3.05, 3.63) is 0 Å². The van der Waals surface area contributed by atoms with Crippen LogP contribution < -0.4 is 10.6 Å². The molecule has 2 saturated carbocycles. The van der Waals surface area contributed by atoms with Crippen LogP contribution in [-0.2, 0) is 4.79 Å². The molecule has 0 aromatic heterocycles. The Morgan fingerprint density at radius 3 is 2.18 bits per heavy atom. The van der Waals surface area contributed by atoms with Crippen LogP contribution in [0.2, 0.25) is 0 Å². The van der Waals surface area contributed by atoms with Gasteiger partial charge in [-0.25, -0.2) is 0 Å². The number of carbonyl (C=O) groups excluding carboxylic acids is 1. The largest absolute Gasteiger partial charge is 0.411 e. The van der Waals surface area contributed by atoms with Crippen LogP contribution in [0.5, 0.6) is 0 Å². The van der Waals surface area contributed by atoms with Crippen molar-refractivity contribution in [1.29, 1.82) is 0 Å². The van der Waals surface area contributed by atoms with E-state index in [-0.39, 0.29) is 24.2 Å². The maximum atomic E-state index is 12.6. The fourth-order valence-corrected chi connectivity index (χ4v) is 2.88. The second kappa shape index (κ2) is 3.16. The zero-order chi connectivity index (χ0) is 12.3. The predicted molar refractivity (Wildman–Crippen MR) is 54.2 cm³/mol. The SMILES string of the molecule is O=C(NC1(C(F)(F)F)CC1)C1CC2(CNC2)C1. The lowest BCUT2D eigenvalue weighted by Crippen LogP contribution is -2.63. The highest BCUT2D eigenvalue weighted by atomic mass is 19.4. The van der Waals surface area contributed by atoms with Crippen molar-refractivity contribution in [3.8, 4) is 0 Å². The molecule has 3 nitrogen and oxygen atoms in total. The highest BCUT2D eigenvalue weighted by molar-refractivity contribution is 5.81. The molecule has 6 heteroatoms. The summed E-state index contributed by atoms with van der Waals surface area (Å²) in [5.41, 5.74) is -1.68. The topological polar surface area (TPSA) is 41.1 Å². The van der Waals surface area contributed by atoms with E-state index in [4.69, 9.17) is 0 Å². The van der Waals surface area contributed by atoms with E-state index in [1.165, 1.54) is 0 Å². The highest BCUT2D eigenvalue weighted by Crippen LogP contribution is 2.52. The van der Waals surface area contributed by atoms with E-state index >= 15 is 0 Å². The zero-order valence-corrected chi connectivity index (χ0v) is 9.36. The first-order valence-corrected chi connectivity index (χ1v) is 5.95. The number of amides is 1. The van der Waals surface area contributed by atoms with Crippen LogP contribution in [0, 0.1) is 11.3 Å². The Morgan fingerprint density at radius 2 is 1.82 bits per heavy atom. The van der Waals surface area contributed by atoms with Gasteiger partial charge in [0.15, 0.2) is 0 Å². The highest BCUT2D eigenvalue weighted by Gasteiger charge is 2.65. The molecule has 17 heavy (non-hydrogen) atoms. The Hall–Kier alpha value is -0.780. The number of carbonyl (C=O) groups is 1. The van der Waals surface area contributed by atoms with Gasteiger partial charge in [0.2, 0.25) is 5.91 Å². The third-order valence-electron chi connectivity index (χ3n) is 4.38. The van der Waals surface area contributed by atoms with Crippen LogP contribution in [0.3, 0.4) is 0 Å². The molecule has 1 amide bonds. The summed E-state index contributed by atoms with van der Waals surface area (Å²) in [4.78, 5) is 11.7. The van der Waals surface area contributed by atoms with E-state index in [0.717, 1.165) is 25.9 Å². The van der Waals surface area contributed by atoms with Crippen LogP contribution in [0.1, 0.15) is 25.7 Å². The Balaban J connectivity index is 1.55. The number of hydrogen-bond donors (Lipinski definition) is 2. The first-order valence-electron chi connectivity index (χ1n) is 5.95. The van der Waals surface area contributed by atoms with E-state index < -0.39 is 17.6 Å². The summed E-state index contributed by atoms with van der Waals surface area (Å²) >= 11 is 0. The summed E-state index contributed by atoms with van der Waals surface area (Å²) in [5, 5.41) is 5.35. The minimum atomic E-state index is -4.30. The maximum Gasteiger partial charge on any atom is 0.411 e. The third kappa shape index (κ3) is 1.64.